The summed E-state index contributed by atoms with van der Waals surface area (Å²) in [7, 11) is 0. The zero-order valence-corrected chi connectivity index (χ0v) is 14.7. The van der Waals surface area contributed by atoms with E-state index < -0.39 is 0 Å². The number of aromatic hydroxyl groups is 1. The molecule has 0 spiro atoms. The highest BCUT2D eigenvalue weighted by atomic mass is 16.7. The van der Waals surface area contributed by atoms with E-state index >= 15 is 0 Å². The van der Waals surface area contributed by atoms with Gasteiger partial charge in [-0.2, -0.15) is 0 Å². The van der Waals surface area contributed by atoms with E-state index in [9.17, 15) is 14.7 Å². The zero-order chi connectivity index (χ0) is 19.1. The molecule has 3 rings (SSSR count). The molecule has 1 aliphatic rings. The number of carbonyl (C=O) groups excluding carboxylic acids is 2. The van der Waals surface area contributed by atoms with Gasteiger partial charge in [-0.15, -0.1) is 0 Å². The van der Waals surface area contributed by atoms with Crippen molar-refractivity contribution in [3.63, 3.8) is 0 Å². The van der Waals surface area contributed by atoms with Gasteiger partial charge in [0.05, 0.1) is 0 Å². The van der Waals surface area contributed by atoms with Gasteiger partial charge < -0.3 is 30.5 Å². The highest BCUT2D eigenvalue weighted by Crippen LogP contribution is 2.32. The van der Waals surface area contributed by atoms with Crippen molar-refractivity contribution >= 4 is 11.9 Å². The number of hydrogen-bond acceptors (Lipinski definition) is 5. The predicted molar refractivity (Wildman–Crippen MR) is 97.9 cm³/mol. The lowest BCUT2D eigenvalue weighted by molar-refractivity contribution is 0.0953. The van der Waals surface area contributed by atoms with Crippen molar-refractivity contribution in [1.29, 1.82) is 0 Å². The number of carbonyl (C=O) groups is 2. The van der Waals surface area contributed by atoms with Gasteiger partial charge in [-0.3, -0.25) is 4.79 Å². The first-order chi connectivity index (χ1) is 13.1. The summed E-state index contributed by atoms with van der Waals surface area (Å²) < 4.78 is 10.5. The van der Waals surface area contributed by atoms with Crippen LogP contribution in [-0.2, 0) is 6.54 Å². The van der Waals surface area contributed by atoms with Gasteiger partial charge in [0.15, 0.2) is 11.5 Å². The zero-order valence-electron chi connectivity index (χ0n) is 14.7. The first-order valence-electron chi connectivity index (χ1n) is 8.59. The number of phenolic OH excluding ortho intramolecular Hbond substituents is 1. The molecule has 0 saturated heterocycles. The smallest absolute Gasteiger partial charge is 0.315 e. The highest BCUT2D eigenvalue weighted by Gasteiger charge is 2.13. The molecule has 2 aromatic rings. The third kappa shape index (κ3) is 5.27. The number of fused-ring (bicyclic) bond motifs is 1. The van der Waals surface area contributed by atoms with Crippen LogP contribution in [0.1, 0.15) is 22.3 Å². The van der Waals surface area contributed by atoms with Gasteiger partial charge in [0.2, 0.25) is 6.79 Å². The van der Waals surface area contributed by atoms with Crippen LogP contribution in [0.25, 0.3) is 0 Å². The van der Waals surface area contributed by atoms with Gasteiger partial charge >= 0.3 is 6.03 Å². The van der Waals surface area contributed by atoms with E-state index in [1.54, 1.807) is 12.1 Å². The molecular formula is C19H21N3O5. The van der Waals surface area contributed by atoms with Crippen molar-refractivity contribution in [1.82, 2.24) is 16.0 Å². The number of nitrogens with one attached hydrogen (secondary N) is 3. The molecule has 3 amide bonds. The number of amides is 3. The van der Waals surface area contributed by atoms with Crippen molar-refractivity contribution in [2.24, 2.45) is 0 Å². The van der Waals surface area contributed by atoms with Crippen molar-refractivity contribution in [2.75, 3.05) is 19.9 Å². The van der Waals surface area contributed by atoms with Crippen LogP contribution in [0.15, 0.2) is 42.5 Å². The topological polar surface area (TPSA) is 109 Å². The summed E-state index contributed by atoms with van der Waals surface area (Å²) in [4.78, 5) is 23.7. The molecule has 27 heavy (non-hydrogen) atoms. The highest BCUT2D eigenvalue weighted by molar-refractivity contribution is 5.94. The van der Waals surface area contributed by atoms with E-state index in [1.165, 1.54) is 12.1 Å². The van der Waals surface area contributed by atoms with Crippen LogP contribution < -0.4 is 25.4 Å². The van der Waals surface area contributed by atoms with Crippen LogP contribution in [0, 0.1) is 0 Å². The molecule has 1 heterocycles. The fourth-order valence-corrected chi connectivity index (χ4v) is 2.54. The van der Waals surface area contributed by atoms with Crippen LogP contribution in [-0.4, -0.2) is 36.9 Å². The molecule has 4 N–H and O–H groups in total. The predicted octanol–water partition coefficient (Wildman–Crippen LogP) is 1.74. The maximum absolute atomic E-state index is 11.9. The van der Waals surface area contributed by atoms with Crippen molar-refractivity contribution in [3.8, 4) is 17.2 Å². The molecule has 0 atom stereocenters. The van der Waals surface area contributed by atoms with Gasteiger partial charge in [-0.05, 0) is 42.3 Å². The van der Waals surface area contributed by atoms with E-state index in [2.05, 4.69) is 16.0 Å². The average molecular weight is 371 g/mol. The van der Waals surface area contributed by atoms with Crippen molar-refractivity contribution in [2.45, 2.75) is 13.0 Å². The maximum Gasteiger partial charge on any atom is 0.315 e. The van der Waals surface area contributed by atoms with E-state index in [0.717, 1.165) is 5.56 Å². The number of rotatable bonds is 7. The largest absolute Gasteiger partial charge is 0.508 e. The van der Waals surface area contributed by atoms with E-state index in [0.29, 0.717) is 43.1 Å². The molecule has 0 aromatic heterocycles. The first kappa shape index (κ1) is 18.4. The van der Waals surface area contributed by atoms with Crippen molar-refractivity contribution < 1.29 is 24.2 Å². The summed E-state index contributed by atoms with van der Waals surface area (Å²) in [5.41, 5.74) is 1.30. The fourth-order valence-electron chi connectivity index (χ4n) is 2.54. The second kappa shape index (κ2) is 8.79. The van der Waals surface area contributed by atoms with Crippen LogP contribution >= 0.6 is 0 Å². The summed E-state index contributed by atoms with van der Waals surface area (Å²) in [6.07, 6.45) is 0.585. The molecule has 8 heteroatoms. The Kier molecular flexibility index (Phi) is 5.98. The summed E-state index contributed by atoms with van der Waals surface area (Å²) in [6, 6.07) is 11.4. The minimum Gasteiger partial charge on any atom is -0.508 e. The van der Waals surface area contributed by atoms with Crippen LogP contribution in [0.4, 0.5) is 4.79 Å². The second-order valence-corrected chi connectivity index (χ2v) is 5.96. The lowest BCUT2D eigenvalue weighted by Gasteiger charge is -2.09. The molecule has 0 aliphatic carbocycles. The number of phenols is 1. The summed E-state index contributed by atoms with van der Waals surface area (Å²) in [5.74, 6) is 1.16. The Labute approximate surface area is 156 Å². The summed E-state index contributed by atoms with van der Waals surface area (Å²) in [6.45, 7) is 1.43. The fraction of sp³-hybridized carbons (Fsp3) is 0.263. The van der Waals surface area contributed by atoms with Gasteiger partial charge in [0.25, 0.3) is 5.91 Å². The Morgan fingerprint density at radius 3 is 2.63 bits per heavy atom. The second-order valence-electron chi connectivity index (χ2n) is 5.96. The molecule has 0 fully saturated rings. The molecule has 0 bridgehead atoms. The van der Waals surface area contributed by atoms with Crippen LogP contribution in [0.3, 0.4) is 0 Å². The number of urea groups is 1. The minimum absolute atomic E-state index is 0.0449. The first-order valence-corrected chi connectivity index (χ1v) is 8.59. The molecular weight excluding hydrogens is 350 g/mol. The normalized spacial score (nSPS) is 11.7. The summed E-state index contributed by atoms with van der Waals surface area (Å²) in [5, 5.41) is 17.6. The lowest BCUT2D eigenvalue weighted by Crippen LogP contribution is -2.36. The minimum atomic E-state index is -0.285. The lowest BCUT2D eigenvalue weighted by atomic mass is 10.2. The third-order valence-electron chi connectivity index (χ3n) is 3.92. The molecule has 1 aliphatic heterocycles. The SMILES string of the molecule is O=C(NCCCNC(=O)c1cccc(O)c1)NCc1ccc2c(c1)OCO2. The molecule has 8 nitrogen and oxygen atoms in total. The van der Waals surface area contributed by atoms with E-state index in [4.69, 9.17) is 9.47 Å². The number of benzene rings is 2. The molecule has 2 aromatic carbocycles. The molecule has 142 valence electrons. The average Bonchev–Trinajstić information content (AvgIpc) is 3.13. The number of ether oxygens (including phenoxy) is 2. The molecule has 0 unspecified atom stereocenters. The van der Waals surface area contributed by atoms with Gasteiger partial charge in [0, 0.05) is 25.2 Å². The Balaban J connectivity index is 1.30. The molecule has 0 saturated carbocycles. The number of hydrogen-bond donors (Lipinski definition) is 4. The van der Waals surface area contributed by atoms with Gasteiger partial charge in [0.1, 0.15) is 5.75 Å². The maximum atomic E-state index is 11.9. The van der Waals surface area contributed by atoms with Crippen LogP contribution in [0.2, 0.25) is 0 Å². The van der Waals surface area contributed by atoms with Gasteiger partial charge in [-0.25, -0.2) is 4.79 Å². The molecule has 0 radical (unpaired) electrons. The van der Waals surface area contributed by atoms with E-state index in [1.807, 2.05) is 18.2 Å². The van der Waals surface area contributed by atoms with Crippen molar-refractivity contribution in [3.05, 3.63) is 53.6 Å². The Morgan fingerprint density at radius 2 is 1.78 bits per heavy atom. The summed E-state index contributed by atoms with van der Waals surface area (Å²) >= 11 is 0. The van der Waals surface area contributed by atoms with Crippen LogP contribution in [0.5, 0.6) is 17.2 Å². The van der Waals surface area contributed by atoms with E-state index in [-0.39, 0.29) is 24.5 Å². The standard InChI is InChI=1S/C19H21N3O5/c23-15-4-1-3-14(10-15)18(24)20-7-2-8-21-19(25)22-11-13-5-6-16-17(9-13)27-12-26-16/h1,3-6,9-10,23H,2,7-8,11-12H2,(H,20,24)(H2,21,22,25). The quantitative estimate of drug-likeness (QED) is 0.555. The Morgan fingerprint density at radius 1 is 0.963 bits per heavy atom. The Hall–Kier alpha value is -3.42. The third-order valence-corrected chi connectivity index (χ3v) is 3.92. The Bertz CT molecular complexity index is 825. The monoisotopic (exact) mass is 371 g/mol. The van der Waals surface area contributed by atoms with Gasteiger partial charge in [-0.1, -0.05) is 12.1 Å².